The number of rotatable bonds is 16. The summed E-state index contributed by atoms with van der Waals surface area (Å²) in [5, 5.41) is 5.62. The highest BCUT2D eigenvalue weighted by Crippen LogP contribution is 2.16. The summed E-state index contributed by atoms with van der Waals surface area (Å²) < 4.78 is 0. The molecule has 0 heterocycles. The van der Waals surface area contributed by atoms with Crippen molar-refractivity contribution >= 4 is 17.5 Å². The summed E-state index contributed by atoms with van der Waals surface area (Å²) in [4.78, 5) is 24.4. The third-order valence-corrected chi connectivity index (χ3v) is 4.86. The molecule has 156 valence electrons. The van der Waals surface area contributed by atoms with Gasteiger partial charge in [-0.1, -0.05) is 89.3 Å². The van der Waals surface area contributed by atoms with Gasteiger partial charge in [0.05, 0.1) is 11.3 Å². The number of unbranched alkanes of at least 4 members (excludes halogenated alkanes) is 10. The molecule has 0 saturated heterocycles. The number of carbonyl (C=O) groups excluding carboxylic acids is 2. The zero-order valence-corrected chi connectivity index (χ0v) is 17.6. The Morgan fingerprint density at radius 2 is 1.46 bits per heavy atom. The van der Waals surface area contributed by atoms with Crippen molar-refractivity contribution in [3.63, 3.8) is 0 Å². The predicted molar refractivity (Wildman–Crippen MR) is 119 cm³/mol. The molecule has 0 aliphatic heterocycles. The van der Waals surface area contributed by atoms with Crippen LogP contribution in [0.25, 0.3) is 0 Å². The molecule has 2 amide bonds. The Balaban J connectivity index is 2.17. The molecule has 0 bridgehead atoms. The van der Waals surface area contributed by atoms with Gasteiger partial charge in [-0.05, 0) is 18.6 Å². The lowest BCUT2D eigenvalue weighted by Crippen LogP contribution is -2.25. The molecule has 4 nitrogen and oxygen atoms in total. The van der Waals surface area contributed by atoms with Gasteiger partial charge in [-0.3, -0.25) is 9.59 Å². The van der Waals surface area contributed by atoms with E-state index in [-0.39, 0.29) is 11.8 Å². The molecular formula is C24H38N2O2. The third kappa shape index (κ3) is 10.9. The molecule has 0 unspecified atom stereocenters. The fourth-order valence-corrected chi connectivity index (χ4v) is 3.21. The Morgan fingerprint density at radius 3 is 2.07 bits per heavy atom. The number of hydrogen-bond donors (Lipinski definition) is 2. The van der Waals surface area contributed by atoms with Crippen LogP contribution in [0, 0.1) is 0 Å². The van der Waals surface area contributed by atoms with Crippen molar-refractivity contribution in [2.75, 3.05) is 11.9 Å². The van der Waals surface area contributed by atoms with Crippen LogP contribution in [0.2, 0.25) is 0 Å². The number of hydrogen-bond acceptors (Lipinski definition) is 2. The molecule has 0 saturated carbocycles. The largest absolute Gasteiger partial charge is 0.349 e. The van der Waals surface area contributed by atoms with E-state index in [0.717, 1.165) is 12.8 Å². The van der Waals surface area contributed by atoms with Gasteiger partial charge < -0.3 is 10.6 Å². The second-order valence-electron chi connectivity index (χ2n) is 7.38. The SMILES string of the molecule is C=CCNC(=O)c1ccccc1NC(=O)CCCCCCCCCCCCC. The fourth-order valence-electron chi connectivity index (χ4n) is 3.21. The molecule has 0 atom stereocenters. The number of nitrogens with one attached hydrogen (secondary N) is 2. The minimum Gasteiger partial charge on any atom is -0.349 e. The van der Waals surface area contributed by atoms with E-state index in [1.54, 1.807) is 24.3 Å². The lowest BCUT2D eigenvalue weighted by atomic mass is 10.1. The lowest BCUT2D eigenvalue weighted by Gasteiger charge is -2.11. The molecule has 2 N–H and O–H groups in total. The molecule has 28 heavy (non-hydrogen) atoms. The van der Waals surface area contributed by atoms with E-state index >= 15 is 0 Å². The molecule has 0 aliphatic rings. The van der Waals surface area contributed by atoms with Crippen LogP contribution in [0.5, 0.6) is 0 Å². The van der Waals surface area contributed by atoms with E-state index < -0.39 is 0 Å². The Hall–Kier alpha value is -2.10. The molecule has 0 aliphatic carbocycles. The van der Waals surface area contributed by atoms with Gasteiger partial charge in [0.2, 0.25) is 5.91 Å². The van der Waals surface area contributed by atoms with Crippen molar-refractivity contribution in [1.82, 2.24) is 5.32 Å². The highest BCUT2D eigenvalue weighted by molar-refractivity contribution is 6.03. The van der Waals surface area contributed by atoms with Crippen LogP contribution < -0.4 is 10.6 Å². The van der Waals surface area contributed by atoms with Crippen LogP contribution in [-0.4, -0.2) is 18.4 Å². The summed E-state index contributed by atoms with van der Waals surface area (Å²) in [5.74, 6) is -0.231. The minimum absolute atomic E-state index is 0.0279. The second-order valence-corrected chi connectivity index (χ2v) is 7.38. The molecule has 0 spiro atoms. The zero-order valence-electron chi connectivity index (χ0n) is 17.6. The highest BCUT2D eigenvalue weighted by Gasteiger charge is 2.12. The van der Waals surface area contributed by atoms with Crippen LogP contribution in [0.4, 0.5) is 5.69 Å². The van der Waals surface area contributed by atoms with Crippen molar-refractivity contribution in [2.45, 2.75) is 84.0 Å². The number of anilines is 1. The van der Waals surface area contributed by atoms with Crippen LogP contribution in [-0.2, 0) is 4.79 Å². The van der Waals surface area contributed by atoms with Gasteiger partial charge >= 0.3 is 0 Å². The summed E-state index contributed by atoms with van der Waals surface area (Å²) in [6.45, 7) is 6.25. The van der Waals surface area contributed by atoms with Crippen LogP contribution in [0.1, 0.15) is 94.3 Å². The molecule has 0 aromatic heterocycles. The van der Waals surface area contributed by atoms with Crippen LogP contribution in [0.15, 0.2) is 36.9 Å². The Labute approximate surface area is 171 Å². The topological polar surface area (TPSA) is 58.2 Å². The van der Waals surface area contributed by atoms with E-state index in [4.69, 9.17) is 0 Å². The Kier molecular flexibility index (Phi) is 13.6. The van der Waals surface area contributed by atoms with Crippen molar-refractivity contribution in [3.8, 4) is 0 Å². The molecule has 0 radical (unpaired) electrons. The van der Waals surface area contributed by atoms with Gasteiger partial charge in [0.15, 0.2) is 0 Å². The van der Waals surface area contributed by atoms with E-state index in [0.29, 0.717) is 24.2 Å². The highest BCUT2D eigenvalue weighted by atomic mass is 16.2. The molecule has 1 aromatic rings. The van der Waals surface area contributed by atoms with Gasteiger partial charge in [-0.2, -0.15) is 0 Å². The Morgan fingerprint density at radius 1 is 0.893 bits per heavy atom. The fraction of sp³-hybridized carbons (Fsp3) is 0.583. The third-order valence-electron chi connectivity index (χ3n) is 4.86. The van der Waals surface area contributed by atoms with Crippen LogP contribution in [0.3, 0.4) is 0 Å². The first kappa shape index (κ1) is 23.9. The quantitative estimate of drug-likeness (QED) is 0.261. The van der Waals surface area contributed by atoms with E-state index in [9.17, 15) is 9.59 Å². The maximum absolute atomic E-state index is 12.2. The van der Waals surface area contributed by atoms with Gasteiger partial charge in [-0.15, -0.1) is 6.58 Å². The number of carbonyl (C=O) groups is 2. The lowest BCUT2D eigenvalue weighted by molar-refractivity contribution is -0.116. The van der Waals surface area contributed by atoms with E-state index in [2.05, 4.69) is 24.1 Å². The van der Waals surface area contributed by atoms with Crippen molar-refractivity contribution in [2.24, 2.45) is 0 Å². The van der Waals surface area contributed by atoms with Crippen molar-refractivity contribution in [1.29, 1.82) is 0 Å². The first-order chi connectivity index (χ1) is 13.7. The van der Waals surface area contributed by atoms with Gasteiger partial charge in [0.1, 0.15) is 0 Å². The van der Waals surface area contributed by atoms with Gasteiger partial charge in [0.25, 0.3) is 5.91 Å². The monoisotopic (exact) mass is 386 g/mol. The standard InChI is InChI=1S/C24H38N2O2/c1-3-5-6-7-8-9-10-11-12-13-14-19-23(27)26-22-18-16-15-17-21(22)24(28)25-20-4-2/h4,15-18H,2-3,5-14,19-20H2,1H3,(H,25,28)(H,26,27). The van der Waals surface area contributed by atoms with Gasteiger partial charge in [-0.25, -0.2) is 0 Å². The maximum atomic E-state index is 12.2. The van der Waals surface area contributed by atoms with Crippen molar-refractivity contribution in [3.05, 3.63) is 42.5 Å². The number of amides is 2. The Bertz CT molecular complexity index is 584. The van der Waals surface area contributed by atoms with Crippen molar-refractivity contribution < 1.29 is 9.59 Å². The summed E-state index contributed by atoms with van der Waals surface area (Å²) in [5.41, 5.74) is 1.05. The van der Waals surface area contributed by atoms with Gasteiger partial charge in [0, 0.05) is 13.0 Å². The maximum Gasteiger partial charge on any atom is 0.253 e. The predicted octanol–water partition coefficient (Wildman–Crippen LogP) is 6.24. The molecular weight excluding hydrogens is 348 g/mol. The molecule has 1 rings (SSSR count). The molecule has 1 aromatic carbocycles. The number of para-hydroxylation sites is 1. The normalized spacial score (nSPS) is 10.5. The average Bonchev–Trinajstić information content (AvgIpc) is 2.70. The smallest absolute Gasteiger partial charge is 0.253 e. The second kappa shape index (κ2) is 15.9. The first-order valence-corrected chi connectivity index (χ1v) is 11.0. The summed E-state index contributed by atoms with van der Waals surface area (Å²) in [6.07, 6.45) is 16.0. The summed E-state index contributed by atoms with van der Waals surface area (Å²) in [6, 6.07) is 7.10. The number of benzene rings is 1. The van der Waals surface area contributed by atoms with E-state index in [1.807, 2.05) is 6.07 Å². The van der Waals surface area contributed by atoms with E-state index in [1.165, 1.54) is 57.8 Å². The molecule has 4 heteroatoms. The zero-order chi connectivity index (χ0) is 20.5. The summed E-state index contributed by atoms with van der Waals surface area (Å²) in [7, 11) is 0. The minimum atomic E-state index is -0.203. The molecule has 0 fully saturated rings. The van der Waals surface area contributed by atoms with Crippen LogP contribution >= 0.6 is 0 Å². The summed E-state index contributed by atoms with van der Waals surface area (Å²) >= 11 is 0. The first-order valence-electron chi connectivity index (χ1n) is 11.0. The average molecular weight is 387 g/mol.